The molecule has 0 saturated carbocycles. The molecular formula is C16H19NO6S2. The van der Waals surface area contributed by atoms with Gasteiger partial charge in [-0.05, 0) is 36.2 Å². The van der Waals surface area contributed by atoms with Crippen molar-refractivity contribution in [2.75, 3.05) is 19.9 Å². The number of aromatic hydroxyl groups is 1. The van der Waals surface area contributed by atoms with Crippen LogP contribution in [0.25, 0.3) is 0 Å². The minimum absolute atomic E-state index is 0.0339. The molecule has 2 rings (SSSR count). The molecule has 7 nitrogen and oxygen atoms in total. The lowest BCUT2D eigenvalue weighted by molar-refractivity contribution is 0.401. The summed E-state index contributed by atoms with van der Waals surface area (Å²) >= 11 is 0. The van der Waals surface area contributed by atoms with Crippen LogP contribution in [0.1, 0.15) is 5.56 Å². The van der Waals surface area contributed by atoms with E-state index in [1.165, 1.54) is 25.3 Å². The summed E-state index contributed by atoms with van der Waals surface area (Å²) in [5.74, 6) is 0.126. The molecule has 0 aliphatic heterocycles. The topological polar surface area (TPSA) is 110 Å². The second-order valence-electron chi connectivity index (χ2n) is 5.36. The van der Waals surface area contributed by atoms with E-state index in [-0.39, 0.29) is 34.3 Å². The molecule has 0 aliphatic carbocycles. The molecule has 0 radical (unpaired) electrons. The van der Waals surface area contributed by atoms with E-state index < -0.39 is 19.9 Å². The van der Waals surface area contributed by atoms with Gasteiger partial charge in [-0.25, -0.2) is 21.6 Å². The van der Waals surface area contributed by atoms with Crippen LogP contribution in [0.2, 0.25) is 0 Å². The van der Waals surface area contributed by atoms with E-state index in [0.29, 0.717) is 5.56 Å². The second kappa shape index (κ2) is 7.42. The Morgan fingerprint density at radius 2 is 1.76 bits per heavy atom. The molecule has 0 fully saturated rings. The van der Waals surface area contributed by atoms with Crippen LogP contribution >= 0.6 is 0 Å². The van der Waals surface area contributed by atoms with Crippen molar-refractivity contribution in [2.24, 2.45) is 0 Å². The Bertz CT molecular complexity index is 968. The summed E-state index contributed by atoms with van der Waals surface area (Å²) in [6.07, 6.45) is 1.27. The highest BCUT2D eigenvalue weighted by molar-refractivity contribution is 7.91. The number of ether oxygens (including phenoxy) is 1. The van der Waals surface area contributed by atoms with Crippen molar-refractivity contribution in [1.82, 2.24) is 4.72 Å². The van der Waals surface area contributed by atoms with Crippen molar-refractivity contribution >= 4 is 19.9 Å². The van der Waals surface area contributed by atoms with Crippen molar-refractivity contribution in [3.8, 4) is 11.5 Å². The fourth-order valence-electron chi connectivity index (χ4n) is 2.22. The number of phenols is 1. The Labute approximate surface area is 147 Å². The quantitative estimate of drug-likeness (QED) is 0.744. The molecule has 0 aliphatic rings. The van der Waals surface area contributed by atoms with Gasteiger partial charge in [-0.15, -0.1) is 0 Å². The molecule has 2 N–H and O–H groups in total. The molecule has 0 heterocycles. The minimum atomic E-state index is -3.99. The molecule has 136 valence electrons. The SMILES string of the molecule is COc1ccc(S(C)(=O)=O)cc1S(=O)(=O)NCCc1ccccc1O. The Morgan fingerprint density at radius 3 is 2.36 bits per heavy atom. The number of rotatable bonds is 7. The Kier molecular flexibility index (Phi) is 5.71. The number of methoxy groups -OCH3 is 1. The normalized spacial score (nSPS) is 12.1. The summed E-state index contributed by atoms with van der Waals surface area (Å²) in [6, 6.07) is 10.3. The van der Waals surface area contributed by atoms with Crippen LogP contribution in [0.15, 0.2) is 52.3 Å². The molecule has 0 aromatic heterocycles. The van der Waals surface area contributed by atoms with Crippen molar-refractivity contribution in [2.45, 2.75) is 16.2 Å². The zero-order valence-electron chi connectivity index (χ0n) is 13.8. The van der Waals surface area contributed by atoms with Gasteiger partial charge in [0.1, 0.15) is 16.4 Å². The standard InChI is InChI=1S/C16H19NO6S2/c1-23-15-8-7-13(24(2,19)20)11-16(15)25(21,22)17-10-9-12-5-3-4-6-14(12)18/h3-8,11,17-18H,9-10H2,1-2H3. The van der Waals surface area contributed by atoms with Crippen LogP contribution in [0, 0.1) is 0 Å². The first-order chi connectivity index (χ1) is 11.6. The third kappa shape index (κ3) is 4.71. The van der Waals surface area contributed by atoms with E-state index in [9.17, 15) is 21.9 Å². The van der Waals surface area contributed by atoms with Crippen LogP contribution in [0.5, 0.6) is 11.5 Å². The molecule has 0 saturated heterocycles. The third-order valence-electron chi connectivity index (χ3n) is 3.53. The molecule has 2 aromatic rings. The van der Waals surface area contributed by atoms with Gasteiger partial charge in [0.15, 0.2) is 9.84 Å². The summed E-state index contributed by atoms with van der Waals surface area (Å²) in [5.41, 5.74) is 0.599. The number of sulfonamides is 1. The maximum Gasteiger partial charge on any atom is 0.244 e. The fraction of sp³-hybridized carbons (Fsp3) is 0.250. The van der Waals surface area contributed by atoms with Gasteiger partial charge in [-0.2, -0.15) is 0 Å². The number of nitrogens with one attached hydrogen (secondary N) is 1. The summed E-state index contributed by atoms with van der Waals surface area (Å²) in [4.78, 5) is -0.371. The first-order valence-corrected chi connectivity index (χ1v) is 10.7. The van der Waals surface area contributed by atoms with Gasteiger partial charge >= 0.3 is 0 Å². The second-order valence-corrected chi connectivity index (χ2v) is 9.11. The smallest absolute Gasteiger partial charge is 0.244 e. The van der Waals surface area contributed by atoms with Crippen LogP contribution in [0.3, 0.4) is 0 Å². The van der Waals surface area contributed by atoms with Crippen LogP contribution in [0.4, 0.5) is 0 Å². The maximum absolute atomic E-state index is 12.5. The molecule has 9 heteroatoms. The van der Waals surface area contributed by atoms with Gasteiger partial charge in [0.25, 0.3) is 0 Å². The molecule has 2 aromatic carbocycles. The van der Waals surface area contributed by atoms with E-state index in [1.807, 2.05) is 0 Å². The van der Waals surface area contributed by atoms with Gasteiger partial charge in [-0.3, -0.25) is 0 Å². The molecule has 0 amide bonds. The molecular weight excluding hydrogens is 366 g/mol. The molecule has 0 bridgehead atoms. The molecule has 0 unspecified atom stereocenters. The van der Waals surface area contributed by atoms with Crippen molar-refractivity contribution in [1.29, 1.82) is 0 Å². The summed E-state index contributed by atoms with van der Waals surface area (Å²) < 4.78 is 55.8. The van der Waals surface area contributed by atoms with Crippen LogP contribution in [-0.4, -0.2) is 41.9 Å². The van der Waals surface area contributed by atoms with E-state index in [1.54, 1.807) is 18.2 Å². The van der Waals surface area contributed by atoms with E-state index in [4.69, 9.17) is 4.74 Å². The first kappa shape index (κ1) is 19.2. The lowest BCUT2D eigenvalue weighted by Crippen LogP contribution is -2.26. The molecule has 25 heavy (non-hydrogen) atoms. The highest BCUT2D eigenvalue weighted by Crippen LogP contribution is 2.26. The molecule has 0 atom stereocenters. The van der Waals surface area contributed by atoms with Crippen molar-refractivity contribution in [3.63, 3.8) is 0 Å². The largest absolute Gasteiger partial charge is 0.508 e. The van der Waals surface area contributed by atoms with E-state index in [0.717, 1.165) is 12.3 Å². The summed E-state index contributed by atoms with van der Waals surface area (Å²) in [6.45, 7) is 0.0339. The number of phenolic OH excluding ortho intramolecular Hbond substituents is 1. The van der Waals surface area contributed by atoms with Crippen LogP contribution < -0.4 is 9.46 Å². The Hall–Kier alpha value is -2.10. The van der Waals surface area contributed by atoms with Gasteiger partial charge in [-0.1, -0.05) is 18.2 Å². The maximum atomic E-state index is 12.5. The summed E-state index contributed by atoms with van der Waals surface area (Å²) in [7, 11) is -6.25. The van der Waals surface area contributed by atoms with Gasteiger partial charge in [0.05, 0.1) is 12.0 Å². The van der Waals surface area contributed by atoms with Gasteiger partial charge < -0.3 is 9.84 Å². The lowest BCUT2D eigenvalue weighted by Gasteiger charge is -2.12. The van der Waals surface area contributed by atoms with E-state index >= 15 is 0 Å². The highest BCUT2D eigenvalue weighted by atomic mass is 32.2. The van der Waals surface area contributed by atoms with Gasteiger partial charge in [0, 0.05) is 12.8 Å². The Balaban J connectivity index is 2.25. The Morgan fingerprint density at radius 1 is 1.08 bits per heavy atom. The van der Waals surface area contributed by atoms with Gasteiger partial charge in [0.2, 0.25) is 10.0 Å². The number of hydrogen-bond acceptors (Lipinski definition) is 6. The predicted molar refractivity (Wildman–Crippen MR) is 93.1 cm³/mol. The highest BCUT2D eigenvalue weighted by Gasteiger charge is 2.22. The third-order valence-corrected chi connectivity index (χ3v) is 6.12. The van der Waals surface area contributed by atoms with Crippen LogP contribution in [-0.2, 0) is 26.3 Å². The monoisotopic (exact) mass is 385 g/mol. The number of hydrogen-bond donors (Lipinski definition) is 2. The average molecular weight is 385 g/mol. The summed E-state index contributed by atoms with van der Waals surface area (Å²) in [5, 5.41) is 9.70. The zero-order valence-corrected chi connectivity index (χ0v) is 15.4. The number of sulfone groups is 1. The van der Waals surface area contributed by atoms with E-state index in [2.05, 4.69) is 4.72 Å². The average Bonchev–Trinajstić information content (AvgIpc) is 2.55. The zero-order chi connectivity index (χ0) is 18.7. The fourth-order valence-corrected chi connectivity index (χ4v) is 4.16. The van der Waals surface area contributed by atoms with Crippen molar-refractivity contribution in [3.05, 3.63) is 48.0 Å². The molecule has 0 spiro atoms. The number of benzene rings is 2. The number of para-hydroxylation sites is 1. The minimum Gasteiger partial charge on any atom is -0.508 e. The predicted octanol–water partition coefficient (Wildman–Crippen LogP) is 1.33. The first-order valence-electron chi connectivity index (χ1n) is 7.30. The lowest BCUT2D eigenvalue weighted by atomic mass is 10.1. The van der Waals surface area contributed by atoms with Crippen molar-refractivity contribution < 1.29 is 26.7 Å².